The predicted molar refractivity (Wildman–Crippen MR) is 46.9 cm³/mol. The fourth-order valence-corrected chi connectivity index (χ4v) is 0.862. The predicted octanol–water partition coefficient (Wildman–Crippen LogP) is -0.319. The number of nitrogens with two attached hydrogens (primary N) is 1. The maximum absolute atomic E-state index is 11.2. The third-order valence-corrected chi connectivity index (χ3v) is 1.56. The van der Waals surface area contributed by atoms with E-state index in [1.807, 2.05) is 6.92 Å². The van der Waals surface area contributed by atoms with E-state index in [2.05, 4.69) is 10.3 Å². The number of carbonyl (C=O) groups is 1. The van der Waals surface area contributed by atoms with Crippen molar-refractivity contribution >= 4 is 5.91 Å². The molecule has 3 N–H and O–H groups in total. The van der Waals surface area contributed by atoms with Gasteiger partial charge in [-0.15, -0.1) is 0 Å². The quantitative estimate of drug-likeness (QED) is 0.670. The highest BCUT2D eigenvalue weighted by atomic mass is 16.3. The molecule has 1 amide bonds. The Morgan fingerprint density at radius 2 is 2.62 bits per heavy atom. The third-order valence-electron chi connectivity index (χ3n) is 1.56. The highest BCUT2D eigenvalue weighted by Gasteiger charge is 2.08. The van der Waals surface area contributed by atoms with Crippen molar-refractivity contribution in [1.29, 1.82) is 0 Å². The van der Waals surface area contributed by atoms with E-state index in [-0.39, 0.29) is 18.4 Å². The maximum Gasteiger partial charge on any atom is 0.229 e. The van der Waals surface area contributed by atoms with Crippen LogP contribution < -0.4 is 11.1 Å². The van der Waals surface area contributed by atoms with Gasteiger partial charge in [0.1, 0.15) is 12.7 Å². The van der Waals surface area contributed by atoms with Crippen LogP contribution in [0.25, 0.3) is 0 Å². The zero-order valence-corrected chi connectivity index (χ0v) is 7.49. The molecule has 0 bridgehead atoms. The van der Waals surface area contributed by atoms with E-state index in [9.17, 15) is 4.79 Å². The van der Waals surface area contributed by atoms with Gasteiger partial charge in [-0.3, -0.25) is 4.79 Å². The first-order valence-corrected chi connectivity index (χ1v) is 4.10. The van der Waals surface area contributed by atoms with Crippen molar-refractivity contribution in [3.63, 3.8) is 0 Å². The molecule has 0 aliphatic heterocycles. The van der Waals surface area contributed by atoms with E-state index in [1.165, 1.54) is 12.5 Å². The fourth-order valence-electron chi connectivity index (χ4n) is 0.862. The summed E-state index contributed by atoms with van der Waals surface area (Å²) >= 11 is 0. The van der Waals surface area contributed by atoms with E-state index in [0.717, 1.165) is 0 Å². The number of rotatable bonds is 4. The summed E-state index contributed by atoms with van der Waals surface area (Å²) < 4.78 is 4.92. The number of nitrogens with one attached hydrogen (secondary N) is 1. The van der Waals surface area contributed by atoms with E-state index >= 15 is 0 Å². The maximum atomic E-state index is 11.2. The van der Waals surface area contributed by atoms with E-state index in [4.69, 9.17) is 10.2 Å². The van der Waals surface area contributed by atoms with Gasteiger partial charge in [0, 0.05) is 12.6 Å². The summed E-state index contributed by atoms with van der Waals surface area (Å²) in [4.78, 5) is 15.0. The first-order valence-electron chi connectivity index (χ1n) is 4.10. The Labute approximate surface area is 76.3 Å². The summed E-state index contributed by atoms with van der Waals surface area (Å²) in [5.74, 6) is 0.294. The minimum Gasteiger partial charge on any atom is -0.448 e. The molecular formula is C8H13N3O2. The van der Waals surface area contributed by atoms with Crippen molar-refractivity contribution in [3.8, 4) is 0 Å². The third kappa shape index (κ3) is 3.25. The summed E-state index contributed by atoms with van der Waals surface area (Å²) in [7, 11) is 0. The first kappa shape index (κ1) is 9.73. The standard InChI is InChI=1S/C8H13N3O2/c1-6(5-9)11-7(12)4-8-10-2-3-13-8/h2-3,6H,4-5,9H2,1H3,(H,11,12). The molecule has 5 heteroatoms. The van der Waals surface area contributed by atoms with Gasteiger partial charge in [-0.2, -0.15) is 0 Å². The molecule has 1 atom stereocenters. The second kappa shape index (κ2) is 4.61. The lowest BCUT2D eigenvalue weighted by molar-refractivity contribution is -0.121. The molecule has 5 nitrogen and oxygen atoms in total. The van der Waals surface area contributed by atoms with Crippen molar-refractivity contribution in [1.82, 2.24) is 10.3 Å². The molecule has 72 valence electrons. The SMILES string of the molecule is CC(CN)NC(=O)Cc1ncco1. The lowest BCUT2D eigenvalue weighted by atomic mass is 10.3. The smallest absolute Gasteiger partial charge is 0.229 e. The van der Waals surface area contributed by atoms with Crippen LogP contribution in [0.1, 0.15) is 12.8 Å². The molecule has 0 fully saturated rings. The van der Waals surface area contributed by atoms with Gasteiger partial charge in [0.05, 0.1) is 6.20 Å². The van der Waals surface area contributed by atoms with E-state index in [0.29, 0.717) is 12.4 Å². The van der Waals surface area contributed by atoms with Crippen molar-refractivity contribution in [2.45, 2.75) is 19.4 Å². The van der Waals surface area contributed by atoms with E-state index in [1.54, 1.807) is 0 Å². The lowest BCUT2D eigenvalue weighted by Crippen LogP contribution is -2.38. The minimum atomic E-state index is -0.125. The van der Waals surface area contributed by atoms with Crippen LogP contribution in [0.3, 0.4) is 0 Å². The largest absolute Gasteiger partial charge is 0.448 e. The zero-order chi connectivity index (χ0) is 9.68. The number of amides is 1. The van der Waals surface area contributed by atoms with Crippen LogP contribution in [0.2, 0.25) is 0 Å². The van der Waals surface area contributed by atoms with Crippen LogP contribution >= 0.6 is 0 Å². The van der Waals surface area contributed by atoms with Crippen LogP contribution in [-0.2, 0) is 11.2 Å². The van der Waals surface area contributed by atoms with Crippen LogP contribution in [0.5, 0.6) is 0 Å². The van der Waals surface area contributed by atoms with Gasteiger partial charge in [0.25, 0.3) is 0 Å². The fraction of sp³-hybridized carbons (Fsp3) is 0.500. The summed E-state index contributed by atoms with van der Waals surface area (Å²) in [6.45, 7) is 2.27. The Morgan fingerprint density at radius 1 is 1.85 bits per heavy atom. The van der Waals surface area contributed by atoms with Crippen LogP contribution in [0.15, 0.2) is 16.9 Å². The Balaban J connectivity index is 2.34. The topological polar surface area (TPSA) is 81.1 Å². The molecule has 0 spiro atoms. The van der Waals surface area contributed by atoms with Crippen LogP contribution in [0, 0.1) is 0 Å². The molecule has 1 unspecified atom stereocenters. The number of aromatic nitrogens is 1. The highest BCUT2D eigenvalue weighted by molar-refractivity contribution is 5.77. The molecule has 1 heterocycles. The Kier molecular flexibility index (Phi) is 3.45. The van der Waals surface area contributed by atoms with Crippen molar-refractivity contribution in [2.24, 2.45) is 5.73 Å². The molecule has 0 aliphatic rings. The Bertz CT molecular complexity index is 258. The number of nitrogens with zero attached hydrogens (tertiary/aromatic N) is 1. The number of hydrogen-bond acceptors (Lipinski definition) is 4. The molecule has 1 aromatic rings. The molecule has 1 rings (SSSR count). The number of oxazole rings is 1. The Hall–Kier alpha value is -1.36. The molecule has 1 aromatic heterocycles. The summed E-state index contributed by atoms with van der Waals surface area (Å²) in [6.07, 6.45) is 3.11. The lowest BCUT2D eigenvalue weighted by Gasteiger charge is -2.09. The van der Waals surface area contributed by atoms with Crippen molar-refractivity contribution < 1.29 is 9.21 Å². The van der Waals surface area contributed by atoms with Crippen LogP contribution in [0.4, 0.5) is 0 Å². The van der Waals surface area contributed by atoms with Gasteiger partial charge in [0.2, 0.25) is 11.8 Å². The molecule has 13 heavy (non-hydrogen) atoms. The van der Waals surface area contributed by atoms with Gasteiger partial charge >= 0.3 is 0 Å². The molecule has 0 aromatic carbocycles. The van der Waals surface area contributed by atoms with Crippen molar-refractivity contribution in [3.05, 3.63) is 18.4 Å². The summed E-state index contributed by atoms with van der Waals surface area (Å²) in [6, 6.07) is -0.0116. The highest BCUT2D eigenvalue weighted by Crippen LogP contribution is 1.95. The average Bonchev–Trinajstić information content (AvgIpc) is 2.56. The normalized spacial score (nSPS) is 12.5. The van der Waals surface area contributed by atoms with Gasteiger partial charge in [-0.25, -0.2) is 4.98 Å². The van der Waals surface area contributed by atoms with Gasteiger partial charge in [-0.1, -0.05) is 0 Å². The summed E-state index contributed by atoms with van der Waals surface area (Å²) in [5, 5.41) is 2.70. The first-order chi connectivity index (χ1) is 6.22. The minimum absolute atomic E-state index is 0.0116. The van der Waals surface area contributed by atoms with E-state index < -0.39 is 0 Å². The zero-order valence-electron chi connectivity index (χ0n) is 7.49. The molecule has 0 aliphatic carbocycles. The second-order valence-electron chi connectivity index (χ2n) is 2.81. The Morgan fingerprint density at radius 3 is 3.15 bits per heavy atom. The number of carbonyl (C=O) groups excluding carboxylic acids is 1. The summed E-state index contributed by atoms with van der Waals surface area (Å²) in [5.41, 5.74) is 5.34. The van der Waals surface area contributed by atoms with Gasteiger partial charge in [0.15, 0.2) is 0 Å². The molecule has 0 saturated carbocycles. The van der Waals surface area contributed by atoms with Crippen molar-refractivity contribution in [2.75, 3.05) is 6.54 Å². The van der Waals surface area contributed by atoms with Crippen LogP contribution in [-0.4, -0.2) is 23.5 Å². The van der Waals surface area contributed by atoms with Gasteiger partial charge in [-0.05, 0) is 6.92 Å². The number of hydrogen-bond donors (Lipinski definition) is 2. The monoisotopic (exact) mass is 183 g/mol. The van der Waals surface area contributed by atoms with Gasteiger partial charge < -0.3 is 15.5 Å². The molecular weight excluding hydrogens is 170 g/mol. The molecule has 0 saturated heterocycles. The second-order valence-corrected chi connectivity index (χ2v) is 2.81. The average molecular weight is 183 g/mol. The molecule has 0 radical (unpaired) electrons.